The number of nitrogens with two attached hydrogens (primary N) is 1. The fraction of sp³-hybridized carbons (Fsp3) is 0.232. The molecule has 0 fully saturated rings. The molecule has 0 aliphatic rings. The third-order valence-corrected chi connectivity index (χ3v) is 11.7. The Balaban J connectivity index is 1.29. The van der Waals surface area contributed by atoms with Crippen molar-refractivity contribution in [1.82, 2.24) is 26.6 Å². The molecule has 0 saturated heterocycles. The summed E-state index contributed by atoms with van der Waals surface area (Å²) >= 11 is 0. The average molecular weight is 1040 g/mol. The van der Waals surface area contributed by atoms with Gasteiger partial charge in [-0.1, -0.05) is 117 Å². The van der Waals surface area contributed by atoms with Gasteiger partial charge in [0.25, 0.3) is 0 Å². The van der Waals surface area contributed by atoms with Crippen LogP contribution in [0.25, 0.3) is 0 Å². The second kappa shape index (κ2) is 26.5. The van der Waals surface area contributed by atoms with E-state index in [1.807, 2.05) is 0 Å². The van der Waals surface area contributed by atoms with Gasteiger partial charge in [-0.3, -0.25) is 28.8 Å². The van der Waals surface area contributed by atoms with E-state index in [4.69, 9.17) is 15.2 Å². The molecule has 20 heteroatoms. The largest absolute Gasteiger partial charge is 0.508 e. The molecule has 6 rings (SSSR count). The van der Waals surface area contributed by atoms with E-state index in [0.717, 1.165) is 36.4 Å². The topological polar surface area (TPSA) is 325 Å². The molecular formula is C56H58N6O14. The quantitative estimate of drug-likeness (QED) is 0.0402. The first-order valence-electron chi connectivity index (χ1n) is 23.9. The number of phenols is 5. The van der Waals surface area contributed by atoms with Crippen LogP contribution in [-0.2, 0) is 62.7 Å². The van der Waals surface area contributed by atoms with Crippen molar-refractivity contribution >= 4 is 41.5 Å². The zero-order valence-electron chi connectivity index (χ0n) is 41.3. The predicted octanol–water partition coefficient (Wildman–Crippen LogP) is 4.16. The summed E-state index contributed by atoms with van der Waals surface area (Å²) in [6, 6.07) is 27.7. The van der Waals surface area contributed by atoms with Crippen molar-refractivity contribution in [2.45, 2.75) is 76.2 Å². The van der Waals surface area contributed by atoms with Gasteiger partial charge in [0.15, 0.2) is 0 Å². The van der Waals surface area contributed by atoms with E-state index < -0.39 is 102 Å². The average Bonchev–Trinajstić information content (AvgIpc) is 3.39. The Hall–Kier alpha value is -9.43. The molecule has 0 aliphatic carbocycles. The monoisotopic (exact) mass is 1040 g/mol. The Morgan fingerprint density at radius 1 is 0.447 bits per heavy atom. The molecule has 76 heavy (non-hydrogen) atoms. The third kappa shape index (κ3) is 16.3. The number of benzene rings is 6. The number of carbonyl (C=O) groups is 7. The van der Waals surface area contributed by atoms with Gasteiger partial charge in [0.1, 0.15) is 78.2 Å². The molecule has 5 amide bonds. The number of nitrogens with one attached hydrogen (secondary N) is 5. The molecule has 0 bridgehead atoms. The Bertz CT molecular complexity index is 2940. The van der Waals surface area contributed by atoms with Crippen molar-refractivity contribution in [3.05, 3.63) is 185 Å². The van der Waals surface area contributed by atoms with Crippen LogP contribution < -0.4 is 32.3 Å². The summed E-state index contributed by atoms with van der Waals surface area (Å²) in [5.41, 5.74) is 7.84. The van der Waals surface area contributed by atoms with Gasteiger partial charge in [-0.15, -0.1) is 0 Å². The number of esters is 2. The van der Waals surface area contributed by atoms with Crippen molar-refractivity contribution in [2.75, 3.05) is 0 Å². The van der Waals surface area contributed by atoms with Crippen molar-refractivity contribution in [3.63, 3.8) is 0 Å². The number of rotatable bonds is 23. The molecule has 0 saturated carbocycles. The number of aromatic hydroxyl groups is 5. The maximum atomic E-state index is 14.8. The summed E-state index contributed by atoms with van der Waals surface area (Å²) in [7, 11) is 0. The van der Waals surface area contributed by atoms with E-state index in [1.165, 1.54) is 24.3 Å². The zero-order valence-corrected chi connectivity index (χ0v) is 41.3. The van der Waals surface area contributed by atoms with Gasteiger partial charge in [-0.25, -0.2) is 4.79 Å². The number of hydrogen-bond acceptors (Lipinski definition) is 15. The summed E-state index contributed by atoms with van der Waals surface area (Å²) < 4.78 is 11.0. The van der Waals surface area contributed by atoms with E-state index in [9.17, 15) is 59.1 Å². The first-order valence-corrected chi connectivity index (χ1v) is 23.9. The van der Waals surface area contributed by atoms with Crippen LogP contribution in [0.15, 0.2) is 152 Å². The molecule has 6 atom stereocenters. The molecule has 12 N–H and O–H groups in total. The fourth-order valence-corrected chi connectivity index (χ4v) is 7.81. The Morgan fingerprint density at radius 3 is 1.42 bits per heavy atom. The van der Waals surface area contributed by atoms with E-state index >= 15 is 0 Å². The molecule has 0 aromatic heterocycles. The highest BCUT2D eigenvalue weighted by Crippen LogP contribution is 2.28. The lowest BCUT2D eigenvalue weighted by Gasteiger charge is -2.28. The second-order valence-electron chi connectivity index (χ2n) is 18.0. The van der Waals surface area contributed by atoms with Gasteiger partial charge in [-0.05, 0) is 75.7 Å². The molecular weight excluding hydrogens is 981 g/mol. The second-order valence-corrected chi connectivity index (χ2v) is 18.0. The van der Waals surface area contributed by atoms with Crippen molar-refractivity contribution < 1.29 is 68.6 Å². The van der Waals surface area contributed by atoms with Crippen LogP contribution in [-0.4, -0.2) is 85.1 Å². The van der Waals surface area contributed by atoms with E-state index in [0.29, 0.717) is 16.7 Å². The molecule has 0 unspecified atom stereocenters. The van der Waals surface area contributed by atoms with Crippen molar-refractivity contribution in [1.29, 1.82) is 0 Å². The molecule has 0 aliphatic heterocycles. The van der Waals surface area contributed by atoms with Crippen LogP contribution in [0.3, 0.4) is 0 Å². The van der Waals surface area contributed by atoms with Crippen LogP contribution in [0.1, 0.15) is 71.8 Å². The molecule has 396 valence electrons. The van der Waals surface area contributed by atoms with E-state index in [2.05, 4.69) is 26.6 Å². The van der Waals surface area contributed by atoms with Gasteiger partial charge in [0.2, 0.25) is 29.5 Å². The third-order valence-electron chi connectivity index (χ3n) is 11.7. The van der Waals surface area contributed by atoms with Gasteiger partial charge < -0.3 is 67.3 Å². The minimum atomic E-state index is -1.83. The first kappa shape index (κ1) is 55.9. The van der Waals surface area contributed by atoms with Gasteiger partial charge in [0.05, 0.1) is 6.42 Å². The molecule has 0 heterocycles. The lowest BCUT2D eigenvalue weighted by molar-refractivity contribution is -0.155. The van der Waals surface area contributed by atoms with E-state index in [-0.39, 0.29) is 53.6 Å². The number of ether oxygens (including phenoxy) is 2. The first-order chi connectivity index (χ1) is 36.3. The lowest BCUT2D eigenvalue weighted by atomic mass is 9.98. The highest BCUT2D eigenvalue weighted by molar-refractivity contribution is 5.98. The smallest absolute Gasteiger partial charge is 0.329 e. The SMILES string of the molecule is CC(C)[C@H](NC(=O)[C@H](N)c1cc(O)cc(O)c1)C(=O)N[C@@H](C(=O)N[C@H](C(=O)N[C@@H](Cc1ccccc1)C(=O)N[C@@H](CC(=O)OCc1ccccc1)C(=O)OCc1ccccc1)c1ccc(O)cc1)c1cc(O)cc(O)c1. The van der Waals surface area contributed by atoms with Crippen LogP contribution in [0, 0.1) is 5.92 Å². The van der Waals surface area contributed by atoms with Crippen molar-refractivity contribution in [3.8, 4) is 28.7 Å². The molecule has 6 aromatic carbocycles. The Labute approximate surface area is 436 Å². The van der Waals surface area contributed by atoms with Gasteiger partial charge in [0, 0.05) is 18.6 Å². The van der Waals surface area contributed by atoms with Crippen molar-refractivity contribution in [2.24, 2.45) is 11.7 Å². The molecule has 0 spiro atoms. The van der Waals surface area contributed by atoms with Crippen LogP contribution in [0.5, 0.6) is 28.7 Å². The fourth-order valence-electron chi connectivity index (χ4n) is 7.81. The van der Waals surface area contributed by atoms with Gasteiger partial charge >= 0.3 is 11.9 Å². The van der Waals surface area contributed by atoms with Gasteiger partial charge in [-0.2, -0.15) is 0 Å². The molecule has 0 radical (unpaired) electrons. The van der Waals surface area contributed by atoms with Crippen LogP contribution >= 0.6 is 0 Å². The maximum absolute atomic E-state index is 14.8. The highest BCUT2D eigenvalue weighted by atomic mass is 16.5. The summed E-state index contributed by atoms with van der Waals surface area (Å²) in [6.07, 6.45) is -0.864. The van der Waals surface area contributed by atoms with Crippen LogP contribution in [0.2, 0.25) is 0 Å². The number of hydrogen-bond donors (Lipinski definition) is 11. The molecule has 6 aromatic rings. The Kier molecular flexibility index (Phi) is 19.5. The Morgan fingerprint density at radius 2 is 0.895 bits per heavy atom. The number of phenolic OH excluding ortho intramolecular Hbond substituents is 5. The normalized spacial score (nSPS) is 13.3. The highest BCUT2D eigenvalue weighted by Gasteiger charge is 2.36. The predicted molar refractivity (Wildman–Crippen MR) is 274 cm³/mol. The maximum Gasteiger partial charge on any atom is 0.329 e. The number of amides is 5. The zero-order chi connectivity index (χ0) is 54.9. The lowest BCUT2D eigenvalue weighted by Crippen LogP contribution is -2.56. The van der Waals surface area contributed by atoms with Crippen LogP contribution in [0.4, 0.5) is 0 Å². The summed E-state index contributed by atoms with van der Waals surface area (Å²) in [6.45, 7) is 2.81. The summed E-state index contributed by atoms with van der Waals surface area (Å²) in [5.74, 6) is -9.52. The standard InChI is InChI=1S/C56H58N6O14/c1-32(2)48(60-52(70)47(57)37-23-40(64)27-41(65)24-37)53(71)62-50(38-25-42(66)28-43(67)26-38)55(73)61-49(36-18-20-39(63)21-19-36)54(72)58-44(22-33-12-6-3-7-13-33)51(69)59-45(56(74)76-31-35-16-10-5-11-17-35)29-46(68)75-30-34-14-8-4-9-15-34/h3-21,23-28,32,44-45,47-50,63-67H,22,29-31,57H2,1-2H3,(H,58,72)(H,59,69)(H,60,70)(H,61,73)(H,62,71)/t44-,45-,47+,48-,49-,50+/m0/s1. The summed E-state index contributed by atoms with van der Waals surface area (Å²) in [4.78, 5) is 98.7. The molecule has 20 nitrogen and oxygen atoms in total. The minimum absolute atomic E-state index is 0.00725. The number of carbonyl (C=O) groups excluding carboxylic acids is 7. The summed E-state index contributed by atoms with van der Waals surface area (Å²) in [5, 5.41) is 64.1. The minimum Gasteiger partial charge on any atom is -0.508 e. The van der Waals surface area contributed by atoms with E-state index in [1.54, 1.807) is 105 Å².